The van der Waals surface area contributed by atoms with Crippen LogP contribution in [0.25, 0.3) is 0 Å². The normalized spacial score (nSPS) is 20.8. The minimum absolute atomic E-state index is 0.0233. The molecule has 0 radical (unpaired) electrons. The maximum atomic E-state index is 12.0. The average Bonchev–Trinajstić information content (AvgIpc) is 2.86. The highest BCUT2D eigenvalue weighted by molar-refractivity contribution is 5.81. The summed E-state index contributed by atoms with van der Waals surface area (Å²) in [5.74, 6) is -0.0233. The lowest BCUT2D eigenvalue weighted by Gasteiger charge is -2.34. The molecule has 20 heavy (non-hydrogen) atoms. The largest absolute Gasteiger partial charge is 0.367 e. The van der Waals surface area contributed by atoms with Crippen LogP contribution in [0.3, 0.4) is 0 Å². The number of aromatic nitrogens is 2. The van der Waals surface area contributed by atoms with E-state index in [0.29, 0.717) is 0 Å². The van der Waals surface area contributed by atoms with Crippen LogP contribution in [0.5, 0.6) is 0 Å². The lowest BCUT2D eigenvalue weighted by atomic mass is 10.0. The van der Waals surface area contributed by atoms with Gasteiger partial charge in [-0.25, -0.2) is 0 Å². The fourth-order valence-corrected chi connectivity index (χ4v) is 2.65. The number of piperidine rings is 1. The Morgan fingerprint density at radius 3 is 3.10 bits per heavy atom. The smallest absolute Gasteiger partial charge is 0.237 e. The Balaban J connectivity index is 1.89. The monoisotopic (exact) mass is 279 g/mol. The Bertz CT molecular complexity index is 445. The number of hydrogen-bond acceptors (Lipinski definition) is 4. The number of carbonyl (C=O) groups excluding carboxylic acids is 1. The van der Waals surface area contributed by atoms with Crippen molar-refractivity contribution in [3.63, 3.8) is 0 Å². The number of nitrogens with zero attached hydrogens (tertiary/aromatic N) is 3. The van der Waals surface area contributed by atoms with Gasteiger partial charge in [0.25, 0.3) is 0 Å². The van der Waals surface area contributed by atoms with Crippen LogP contribution in [0.15, 0.2) is 12.4 Å². The predicted molar refractivity (Wildman–Crippen MR) is 79.5 cm³/mol. The molecule has 1 aromatic heterocycles. The van der Waals surface area contributed by atoms with Gasteiger partial charge in [-0.2, -0.15) is 5.10 Å². The summed E-state index contributed by atoms with van der Waals surface area (Å²) in [6.45, 7) is 3.88. The van der Waals surface area contributed by atoms with Gasteiger partial charge in [0, 0.05) is 32.4 Å². The molecule has 1 aliphatic heterocycles. The van der Waals surface area contributed by atoms with E-state index in [1.54, 1.807) is 4.68 Å². The van der Waals surface area contributed by atoms with Crippen molar-refractivity contribution < 1.29 is 4.79 Å². The van der Waals surface area contributed by atoms with Crippen molar-refractivity contribution in [2.45, 2.75) is 44.7 Å². The zero-order valence-electron chi connectivity index (χ0n) is 12.4. The summed E-state index contributed by atoms with van der Waals surface area (Å²) in [4.78, 5) is 14.2. The summed E-state index contributed by atoms with van der Waals surface area (Å²) < 4.78 is 1.80. The van der Waals surface area contributed by atoms with E-state index in [2.05, 4.69) is 15.3 Å². The third kappa shape index (κ3) is 3.72. The molecule has 2 unspecified atom stereocenters. The van der Waals surface area contributed by atoms with Crippen LogP contribution in [0.2, 0.25) is 0 Å². The number of amides is 1. The van der Waals surface area contributed by atoms with Gasteiger partial charge in [-0.3, -0.25) is 9.48 Å². The molecule has 112 valence electrons. The minimum atomic E-state index is -0.381. The van der Waals surface area contributed by atoms with Gasteiger partial charge in [0.2, 0.25) is 5.91 Å². The van der Waals surface area contributed by atoms with Crippen LogP contribution < -0.4 is 16.0 Å². The van der Waals surface area contributed by atoms with E-state index < -0.39 is 0 Å². The summed E-state index contributed by atoms with van der Waals surface area (Å²) in [7, 11) is 1.91. The van der Waals surface area contributed by atoms with Gasteiger partial charge < -0.3 is 16.0 Å². The van der Waals surface area contributed by atoms with E-state index >= 15 is 0 Å². The second kappa shape index (κ2) is 6.74. The molecule has 0 aliphatic carbocycles. The van der Waals surface area contributed by atoms with E-state index in [-0.39, 0.29) is 18.0 Å². The lowest BCUT2D eigenvalue weighted by Crippen LogP contribution is -2.51. The second-order valence-electron chi connectivity index (χ2n) is 5.56. The van der Waals surface area contributed by atoms with Gasteiger partial charge >= 0.3 is 0 Å². The average molecular weight is 279 g/mol. The van der Waals surface area contributed by atoms with Crippen molar-refractivity contribution in [3.8, 4) is 0 Å². The van der Waals surface area contributed by atoms with Crippen molar-refractivity contribution >= 4 is 11.6 Å². The number of rotatable bonds is 5. The summed E-state index contributed by atoms with van der Waals surface area (Å²) >= 11 is 0. The molecular formula is C14H25N5O. The fraction of sp³-hybridized carbons (Fsp3) is 0.714. The minimum Gasteiger partial charge on any atom is -0.367 e. The number of nitrogens with two attached hydrogens (primary N) is 1. The van der Waals surface area contributed by atoms with Crippen molar-refractivity contribution in [2.24, 2.45) is 12.8 Å². The first-order valence-corrected chi connectivity index (χ1v) is 7.39. The third-order valence-corrected chi connectivity index (χ3v) is 3.76. The van der Waals surface area contributed by atoms with Gasteiger partial charge in [-0.15, -0.1) is 0 Å². The van der Waals surface area contributed by atoms with Crippen LogP contribution in [0, 0.1) is 0 Å². The first-order valence-electron chi connectivity index (χ1n) is 7.39. The highest BCUT2D eigenvalue weighted by Gasteiger charge is 2.24. The van der Waals surface area contributed by atoms with Gasteiger partial charge in [0.15, 0.2) is 0 Å². The fourth-order valence-electron chi connectivity index (χ4n) is 2.65. The molecule has 1 aromatic rings. The zero-order chi connectivity index (χ0) is 14.5. The van der Waals surface area contributed by atoms with E-state index in [0.717, 1.165) is 44.5 Å². The molecule has 2 atom stereocenters. The molecule has 0 saturated carbocycles. The molecule has 2 heterocycles. The quantitative estimate of drug-likeness (QED) is 0.829. The number of aryl methyl sites for hydroxylation is 1. The lowest BCUT2D eigenvalue weighted by molar-refractivity contribution is -0.123. The number of nitrogens with one attached hydrogen (secondary N) is 1. The molecular weight excluding hydrogens is 254 g/mol. The van der Waals surface area contributed by atoms with Crippen molar-refractivity contribution in [2.75, 3.05) is 18.0 Å². The first-order chi connectivity index (χ1) is 9.60. The SMILES string of the molecule is CCCC(N)C(=O)NC1CCCN(c2cnn(C)c2)C1. The van der Waals surface area contributed by atoms with E-state index in [1.807, 2.05) is 26.4 Å². The number of anilines is 1. The summed E-state index contributed by atoms with van der Waals surface area (Å²) in [6, 6.07) is -0.201. The van der Waals surface area contributed by atoms with Crippen LogP contribution >= 0.6 is 0 Å². The molecule has 6 nitrogen and oxygen atoms in total. The summed E-state index contributed by atoms with van der Waals surface area (Å²) in [5, 5.41) is 7.28. The molecule has 0 bridgehead atoms. The predicted octanol–water partition coefficient (Wildman–Crippen LogP) is 0.633. The van der Waals surface area contributed by atoms with E-state index in [1.165, 1.54) is 0 Å². The zero-order valence-corrected chi connectivity index (χ0v) is 12.4. The summed E-state index contributed by atoms with van der Waals surface area (Å²) in [6.07, 6.45) is 7.64. The molecule has 6 heteroatoms. The Morgan fingerprint density at radius 1 is 1.65 bits per heavy atom. The Morgan fingerprint density at radius 2 is 2.45 bits per heavy atom. The molecule has 3 N–H and O–H groups in total. The molecule has 1 saturated heterocycles. The van der Waals surface area contributed by atoms with Gasteiger partial charge in [-0.1, -0.05) is 13.3 Å². The molecule has 0 spiro atoms. The highest BCUT2D eigenvalue weighted by Crippen LogP contribution is 2.19. The van der Waals surface area contributed by atoms with E-state index in [9.17, 15) is 4.79 Å². The Labute approximate surface area is 120 Å². The second-order valence-corrected chi connectivity index (χ2v) is 5.56. The molecule has 0 aromatic carbocycles. The van der Waals surface area contributed by atoms with Crippen LogP contribution in [-0.4, -0.2) is 40.9 Å². The molecule has 1 fully saturated rings. The van der Waals surface area contributed by atoms with Crippen molar-refractivity contribution in [1.29, 1.82) is 0 Å². The topological polar surface area (TPSA) is 76.2 Å². The Hall–Kier alpha value is -1.56. The van der Waals surface area contributed by atoms with Crippen LogP contribution in [0.1, 0.15) is 32.6 Å². The standard InChI is InChI=1S/C14H25N5O/c1-3-5-13(15)14(20)17-11-6-4-7-19(9-11)12-8-16-18(2)10-12/h8,10-11,13H,3-7,9,15H2,1-2H3,(H,17,20). The van der Waals surface area contributed by atoms with Crippen LogP contribution in [-0.2, 0) is 11.8 Å². The van der Waals surface area contributed by atoms with Crippen molar-refractivity contribution in [1.82, 2.24) is 15.1 Å². The van der Waals surface area contributed by atoms with Gasteiger partial charge in [0.05, 0.1) is 17.9 Å². The van der Waals surface area contributed by atoms with Crippen LogP contribution in [0.4, 0.5) is 5.69 Å². The maximum absolute atomic E-state index is 12.0. The Kier molecular flexibility index (Phi) is 5.00. The summed E-state index contributed by atoms with van der Waals surface area (Å²) in [5.41, 5.74) is 6.97. The highest BCUT2D eigenvalue weighted by atomic mass is 16.2. The van der Waals surface area contributed by atoms with Gasteiger partial charge in [0.1, 0.15) is 0 Å². The number of carbonyl (C=O) groups is 1. The van der Waals surface area contributed by atoms with Gasteiger partial charge in [-0.05, 0) is 19.3 Å². The number of hydrogen-bond donors (Lipinski definition) is 2. The van der Waals surface area contributed by atoms with Crippen molar-refractivity contribution in [3.05, 3.63) is 12.4 Å². The molecule has 1 amide bonds. The van der Waals surface area contributed by atoms with E-state index in [4.69, 9.17) is 5.73 Å². The molecule has 1 aliphatic rings. The maximum Gasteiger partial charge on any atom is 0.237 e. The third-order valence-electron chi connectivity index (χ3n) is 3.76. The molecule has 2 rings (SSSR count). The first kappa shape index (κ1) is 14.8.